The predicted octanol–water partition coefficient (Wildman–Crippen LogP) is 5.03. The molecule has 0 spiro atoms. The van der Waals surface area contributed by atoms with Crippen LogP contribution < -0.4 is 0 Å². The second-order valence-corrected chi connectivity index (χ2v) is 6.38. The number of likely N-dealkylation sites (tertiary alicyclic amines) is 2. The highest BCUT2D eigenvalue weighted by molar-refractivity contribution is 4.67. The molecule has 2 aliphatic rings. The van der Waals surface area contributed by atoms with Gasteiger partial charge in [0.1, 0.15) is 0 Å². The van der Waals surface area contributed by atoms with Gasteiger partial charge in [-0.2, -0.15) is 0 Å². The average Bonchev–Trinajstić information content (AvgIpc) is 2.41. The third kappa shape index (κ3) is 8.97. The summed E-state index contributed by atoms with van der Waals surface area (Å²) in [5, 5.41) is 0. The molecule has 2 heteroatoms. The smallest absolute Gasteiger partial charge is 0.00385 e. The molecule has 0 saturated carbocycles. The van der Waals surface area contributed by atoms with Gasteiger partial charge in [0.05, 0.1) is 0 Å². The van der Waals surface area contributed by atoms with E-state index in [9.17, 15) is 0 Å². The first-order valence-corrected chi connectivity index (χ1v) is 8.09. The molecule has 0 bridgehead atoms. The van der Waals surface area contributed by atoms with Crippen molar-refractivity contribution in [2.75, 3.05) is 26.2 Å². The minimum Gasteiger partial charge on any atom is -0.301 e. The first-order chi connectivity index (χ1) is 8.61. The van der Waals surface area contributed by atoms with Crippen molar-refractivity contribution in [3.05, 3.63) is 0 Å². The summed E-state index contributed by atoms with van der Waals surface area (Å²) in [5.74, 6) is 0. The van der Waals surface area contributed by atoms with Gasteiger partial charge in [0.2, 0.25) is 0 Å². The highest BCUT2D eigenvalue weighted by Crippen LogP contribution is 2.11. The summed E-state index contributed by atoms with van der Waals surface area (Å²) in [6, 6.07) is 1.54. The highest BCUT2D eigenvalue weighted by Gasteiger charge is 2.12. The summed E-state index contributed by atoms with van der Waals surface area (Å²) in [7, 11) is 0. The molecule has 2 aliphatic heterocycles. The number of rotatable bonds is 2. The van der Waals surface area contributed by atoms with Gasteiger partial charge in [-0.3, -0.25) is 0 Å². The Kier molecular flexibility index (Phi) is 14.0. The Morgan fingerprint density at radius 3 is 0.900 bits per heavy atom. The molecule has 124 valence electrons. The Hall–Kier alpha value is -0.0800. The maximum Gasteiger partial charge on any atom is 0.00385 e. The molecule has 2 saturated heterocycles. The van der Waals surface area contributed by atoms with E-state index >= 15 is 0 Å². The Bertz CT molecular complexity index is 168. The Morgan fingerprint density at radius 2 is 0.750 bits per heavy atom. The number of nitrogens with zero attached hydrogens (tertiary/aromatic N) is 2. The molecule has 0 N–H and O–H groups in total. The standard InChI is InChI=1S/2C8H17N.2CH4/c2*1-8(2)9-6-4-3-5-7-9;;/h2*8H,3-7H2,1-2H3;2*1H4. The van der Waals surface area contributed by atoms with Crippen LogP contribution >= 0.6 is 0 Å². The molecule has 0 radical (unpaired) electrons. The second kappa shape index (κ2) is 12.6. The van der Waals surface area contributed by atoms with Gasteiger partial charge in [-0.05, 0) is 79.6 Å². The molecule has 20 heavy (non-hydrogen) atoms. The van der Waals surface area contributed by atoms with Crippen molar-refractivity contribution in [1.29, 1.82) is 0 Å². The first-order valence-electron chi connectivity index (χ1n) is 8.09. The van der Waals surface area contributed by atoms with E-state index in [0.717, 1.165) is 12.1 Å². The van der Waals surface area contributed by atoms with E-state index in [2.05, 4.69) is 37.5 Å². The lowest BCUT2D eigenvalue weighted by atomic mass is 10.1. The van der Waals surface area contributed by atoms with Crippen LogP contribution in [0.5, 0.6) is 0 Å². The molecule has 2 fully saturated rings. The fraction of sp³-hybridized carbons (Fsp3) is 1.00. The van der Waals surface area contributed by atoms with Gasteiger partial charge in [0.25, 0.3) is 0 Å². The van der Waals surface area contributed by atoms with Crippen molar-refractivity contribution in [3.63, 3.8) is 0 Å². The molecule has 0 aromatic rings. The van der Waals surface area contributed by atoms with E-state index in [1.165, 1.54) is 64.7 Å². The van der Waals surface area contributed by atoms with Crippen molar-refractivity contribution in [2.45, 2.75) is 93.2 Å². The minimum atomic E-state index is 0. The molecule has 2 nitrogen and oxygen atoms in total. The van der Waals surface area contributed by atoms with Crippen LogP contribution in [0.1, 0.15) is 81.1 Å². The van der Waals surface area contributed by atoms with Gasteiger partial charge in [0.15, 0.2) is 0 Å². The third-order valence-corrected chi connectivity index (χ3v) is 4.24. The number of piperidine rings is 2. The van der Waals surface area contributed by atoms with Crippen LogP contribution in [0.4, 0.5) is 0 Å². The van der Waals surface area contributed by atoms with E-state index in [-0.39, 0.29) is 14.9 Å². The largest absolute Gasteiger partial charge is 0.301 e. The predicted molar refractivity (Wildman–Crippen MR) is 94.6 cm³/mol. The topological polar surface area (TPSA) is 6.48 Å². The van der Waals surface area contributed by atoms with Gasteiger partial charge in [-0.15, -0.1) is 0 Å². The minimum absolute atomic E-state index is 0. The van der Waals surface area contributed by atoms with Crippen LogP contribution in [0.25, 0.3) is 0 Å². The molecule has 0 aromatic heterocycles. The summed E-state index contributed by atoms with van der Waals surface area (Å²) >= 11 is 0. The lowest BCUT2D eigenvalue weighted by Crippen LogP contribution is -2.35. The zero-order valence-electron chi connectivity index (χ0n) is 13.1. The zero-order valence-corrected chi connectivity index (χ0v) is 13.1. The monoisotopic (exact) mass is 286 g/mol. The molecule has 2 heterocycles. The molecule has 0 amide bonds. The van der Waals surface area contributed by atoms with Gasteiger partial charge >= 0.3 is 0 Å². The van der Waals surface area contributed by atoms with E-state index in [4.69, 9.17) is 0 Å². The average molecular weight is 287 g/mol. The SMILES string of the molecule is C.C.CC(C)N1CCCCC1.CC(C)N1CCCCC1. The van der Waals surface area contributed by atoms with Crippen LogP contribution in [-0.2, 0) is 0 Å². The van der Waals surface area contributed by atoms with Gasteiger partial charge in [-0.1, -0.05) is 27.7 Å². The quantitative estimate of drug-likeness (QED) is 0.702. The molecular weight excluding hydrogens is 244 g/mol. The highest BCUT2D eigenvalue weighted by atomic mass is 15.1. The van der Waals surface area contributed by atoms with Crippen LogP contribution in [0.3, 0.4) is 0 Å². The van der Waals surface area contributed by atoms with Crippen molar-refractivity contribution in [1.82, 2.24) is 9.80 Å². The Labute approximate surface area is 129 Å². The molecule has 0 aromatic carbocycles. The van der Waals surface area contributed by atoms with Gasteiger partial charge in [-0.25, -0.2) is 0 Å². The van der Waals surface area contributed by atoms with E-state index in [1.807, 2.05) is 0 Å². The Balaban J connectivity index is 0. The summed E-state index contributed by atoms with van der Waals surface area (Å²) in [6.45, 7) is 14.5. The maximum absolute atomic E-state index is 2.56. The molecule has 2 rings (SSSR count). The second-order valence-electron chi connectivity index (χ2n) is 6.38. The summed E-state index contributed by atoms with van der Waals surface area (Å²) < 4.78 is 0. The molecular formula is C18H42N2. The summed E-state index contributed by atoms with van der Waals surface area (Å²) in [5.41, 5.74) is 0. The summed E-state index contributed by atoms with van der Waals surface area (Å²) in [6.07, 6.45) is 8.55. The first kappa shape index (κ1) is 22.2. The van der Waals surface area contributed by atoms with Crippen LogP contribution in [0.2, 0.25) is 0 Å². The molecule has 0 unspecified atom stereocenters. The molecule has 0 aliphatic carbocycles. The van der Waals surface area contributed by atoms with Crippen molar-refractivity contribution < 1.29 is 0 Å². The Morgan fingerprint density at radius 1 is 0.500 bits per heavy atom. The third-order valence-electron chi connectivity index (χ3n) is 4.24. The van der Waals surface area contributed by atoms with Crippen LogP contribution in [0, 0.1) is 0 Å². The van der Waals surface area contributed by atoms with Crippen molar-refractivity contribution >= 4 is 0 Å². The normalized spacial score (nSPS) is 20.7. The van der Waals surface area contributed by atoms with E-state index in [0.29, 0.717) is 0 Å². The molecule has 0 atom stereocenters. The zero-order chi connectivity index (χ0) is 13.4. The fourth-order valence-electron chi connectivity index (χ4n) is 2.87. The van der Waals surface area contributed by atoms with E-state index < -0.39 is 0 Å². The maximum atomic E-state index is 2.56. The van der Waals surface area contributed by atoms with Gasteiger partial charge < -0.3 is 9.80 Å². The van der Waals surface area contributed by atoms with Crippen LogP contribution in [0.15, 0.2) is 0 Å². The number of hydrogen-bond acceptors (Lipinski definition) is 2. The lowest BCUT2D eigenvalue weighted by Gasteiger charge is -2.29. The van der Waals surface area contributed by atoms with Gasteiger partial charge in [0, 0.05) is 12.1 Å². The number of hydrogen-bond donors (Lipinski definition) is 0. The fourth-order valence-corrected chi connectivity index (χ4v) is 2.87. The van der Waals surface area contributed by atoms with Crippen molar-refractivity contribution in [2.24, 2.45) is 0 Å². The summed E-state index contributed by atoms with van der Waals surface area (Å²) in [4.78, 5) is 5.12. The van der Waals surface area contributed by atoms with Crippen molar-refractivity contribution in [3.8, 4) is 0 Å². The van der Waals surface area contributed by atoms with E-state index in [1.54, 1.807) is 0 Å². The van der Waals surface area contributed by atoms with Crippen LogP contribution in [-0.4, -0.2) is 48.1 Å². The lowest BCUT2D eigenvalue weighted by molar-refractivity contribution is 0.185.